The van der Waals surface area contributed by atoms with Crippen molar-refractivity contribution in [3.05, 3.63) is 35.9 Å². The highest BCUT2D eigenvalue weighted by atomic mass is 16.6. The summed E-state index contributed by atoms with van der Waals surface area (Å²) in [4.78, 5) is 16.5. The lowest BCUT2D eigenvalue weighted by Crippen LogP contribution is -2.82. The quantitative estimate of drug-likeness (QED) is 0.786. The monoisotopic (exact) mass is 392 g/mol. The third kappa shape index (κ3) is 2.99. The standard InChI is InChI=1S/C26H33NO2/c28-23-14-22(26(29-23)9-5-2-6-10-26)27-24(21-7-3-1-4-8-21)25-15-18-11-19(16-25)13-20(12-18)17-25/h1,3-4,7-8,18-20,24H,2,5-6,9-17H2/p+1/t18?,19?,20?,24-,25?/m0/s1. The molecule has 29 heavy (non-hydrogen) atoms. The van der Waals surface area contributed by atoms with Crippen LogP contribution in [-0.4, -0.2) is 17.3 Å². The van der Waals surface area contributed by atoms with E-state index in [2.05, 4.69) is 35.3 Å². The van der Waals surface area contributed by atoms with Gasteiger partial charge in [-0.3, -0.25) is 4.79 Å². The Morgan fingerprint density at radius 1 is 0.897 bits per heavy atom. The number of hydrogen-bond acceptors (Lipinski definition) is 2. The van der Waals surface area contributed by atoms with Crippen LogP contribution in [0.15, 0.2) is 30.3 Å². The first-order chi connectivity index (χ1) is 14.1. The molecule has 1 aliphatic heterocycles. The second-order valence-electron chi connectivity index (χ2n) is 11.0. The molecule has 3 heteroatoms. The maximum Gasteiger partial charge on any atom is 0.317 e. The van der Waals surface area contributed by atoms with Gasteiger partial charge >= 0.3 is 5.97 Å². The maximum atomic E-state index is 12.4. The fourth-order valence-corrected chi connectivity index (χ4v) is 8.27. The molecule has 154 valence electrons. The van der Waals surface area contributed by atoms with E-state index < -0.39 is 0 Å². The summed E-state index contributed by atoms with van der Waals surface area (Å²) in [7, 11) is 0. The molecule has 6 aliphatic rings. The van der Waals surface area contributed by atoms with Crippen molar-refractivity contribution in [2.75, 3.05) is 0 Å². The third-order valence-electron chi connectivity index (χ3n) is 8.99. The zero-order valence-corrected chi connectivity index (χ0v) is 17.5. The molecule has 0 unspecified atom stereocenters. The van der Waals surface area contributed by atoms with Crippen LogP contribution in [0.5, 0.6) is 0 Å². The van der Waals surface area contributed by atoms with E-state index >= 15 is 0 Å². The van der Waals surface area contributed by atoms with E-state index in [-0.39, 0.29) is 11.6 Å². The average Bonchev–Trinajstić information content (AvgIpc) is 3.00. The highest BCUT2D eigenvalue weighted by Crippen LogP contribution is 2.63. The van der Waals surface area contributed by atoms with Crippen LogP contribution >= 0.6 is 0 Å². The van der Waals surface area contributed by atoms with Crippen molar-refractivity contribution in [3.63, 3.8) is 0 Å². The van der Waals surface area contributed by atoms with Crippen LogP contribution in [0.1, 0.15) is 88.7 Å². The van der Waals surface area contributed by atoms with Crippen molar-refractivity contribution in [3.8, 4) is 0 Å². The number of carbonyl (C=O) groups excluding carboxylic acids is 1. The Labute approximate surface area is 174 Å². The fraction of sp³-hybridized carbons (Fsp3) is 0.692. The fourth-order valence-electron chi connectivity index (χ4n) is 8.27. The minimum Gasteiger partial charge on any atom is -0.448 e. The number of carbonyl (C=O) groups is 1. The van der Waals surface area contributed by atoms with Crippen molar-refractivity contribution in [1.29, 1.82) is 0 Å². The molecule has 4 bridgehead atoms. The van der Waals surface area contributed by atoms with E-state index in [1.807, 2.05) is 0 Å². The molecule has 1 heterocycles. The van der Waals surface area contributed by atoms with E-state index in [4.69, 9.17) is 4.74 Å². The molecule has 1 N–H and O–H groups in total. The van der Waals surface area contributed by atoms with Crippen LogP contribution in [0.2, 0.25) is 0 Å². The lowest BCUT2D eigenvalue weighted by Gasteiger charge is -2.57. The van der Waals surface area contributed by atoms with Gasteiger partial charge in [-0.05, 0) is 82.0 Å². The minimum atomic E-state index is -0.329. The molecule has 3 nitrogen and oxygen atoms in total. The Balaban J connectivity index is 1.44. The highest BCUT2D eigenvalue weighted by Gasteiger charge is 2.58. The van der Waals surface area contributed by atoms with Crippen molar-refractivity contribution < 1.29 is 14.5 Å². The van der Waals surface area contributed by atoms with Gasteiger partial charge in [-0.15, -0.1) is 0 Å². The van der Waals surface area contributed by atoms with Gasteiger partial charge in [0.15, 0.2) is 11.6 Å². The van der Waals surface area contributed by atoms with Gasteiger partial charge in [0.25, 0.3) is 0 Å². The van der Waals surface area contributed by atoms with Crippen molar-refractivity contribution in [1.82, 2.24) is 0 Å². The third-order valence-corrected chi connectivity index (χ3v) is 8.99. The molecule has 0 amide bonds. The Morgan fingerprint density at radius 2 is 1.52 bits per heavy atom. The smallest absolute Gasteiger partial charge is 0.317 e. The Morgan fingerprint density at radius 3 is 2.14 bits per heavy atom. The number of hydrogen-bond donors (Lipinski definition) is 1. The summed E-state index contributed by atoms with van der Waals surface area (Å²) in [5.41, 5.74) is 2.63. The lowest BCUT2D eigenvalue weighted by molar-refractivity contribution is -0.544. The predicted octanol–water partition coefficient (Wildman–Crippen LogP) is 4.12. The summed E-state index contributed by atoms with van der Waals surface area (Å²) in [5.74, 6) is 2.74. The molecular formula is C26H34NO2+. The van der Waals surface area contributed by atoms with Gasteiger partial charge in [-0.2, -0.15) is 0 Å². The number of esters is 1. The second kappa shape index (κ2) is 6.68. The van der Waals surface area contributed by atoms with Gasteiger partial charge in [0.05, 0.1) is 0 Å². The minimum absolute atomic E-state index is 0.0216. The molecule has 1 atom stereocenters. The first kappa shape index (κ1) is 18.2. The number of rotatable bonds is 3. The molecule has 6 fully saturated rings. The van der Waals surface area contributed by atoms with Crippen LogP contribution in [0.25, 0.3) is 0 Å². The summed E-state index contributed by atoms with van der Waals surface area (Å²) in [5, 5.41) is 0. The van der Waals surface area contributed by atoms with Crippen molar-refractivity contribution in [2.45, 2.75) is 88.7 Å². The average molecular weight is 393 g/mol. The van der Waals surface area contributed by atoms with E-state index in [0.29, 0.717) is 17.9 Å². The summed E-state index contributed by atoms with van der Waals surface area (Å²) in [6.45, 7) is 0. The molecule has 7 rings (SSSR count). The van der Waals surface area contributed by atoms with Crippen LogP contribution in [0.3, 0.4) is 0 Å². The SMILES string of the molecule is O=C1CC(=[NH+][C@@H](c2ccccc2)C23CC4CC(CC(C4)C2)C3)C2(CCCCC2)O1. The molecular weight excluding hydrogens is 358 g/mol. The van der Waals surface area contributed by atoms with Gasteiger partial charge < -0.3 is 4.74 Å². The number of ether oxygens (including phenoxy) is 1. The van der Waals surface area contributed by atoms with Gasteiger partial charge in [-0.1, -0.05) is 36.8 Å². The normalized spacial score (nSPS) is 39.8. The lowest BCUT2D eigenvalue weighted by atomic mass is 9.47. The van der Waals surface area contributed by atoms with Crippen LogP contribution < -0.4 is 4.99 Å². The molecule has 1 aromatic rings. The van der Waals surface area contributed by atoms with Crippen LogP contribution in [0.4, 0.5) is 0 Å². The Kier molecular flexibility index (Phi) is 4.18. The molecule has 0 radical (unpaired) electrons. The second-order valence-corrected chi connectivity index (χ2v) is 11.0. The van der Waals surface area contributed by atoms with E-state index in [1.165, 1.54) is 69.1 Å². The summed E-state index contributed by atoms with van der Waals surface area (Å²) < 4.78 is 6.02. The molecule has 0 aromatic heterocycles. The van der Waals surface area contributed by atoms with Gasteiger partial charge in [0, 0.05) is 11.0 Å². The Hall–Kier alpha value is -1.64. The predicted molar refractivity (Wildman–Crippen MR) is 112 cm³/mol. The largest absolute Gasteiger partial charge is 0.448 e. The maximum absolute atomic E-state index is 12.4. The van der Waals surface area contributed by atoms with Crippen molar-refractivity contribution >= 4 is 11.7 Å². The topological polar surface area (TPSA) is 40.3 Å². The van der Waals surface area contributed by atoms with Gasteiger partial charge in [0.2, 0.25) is 5.71 Å². The molecule has 1 spiro atoms. The molecule has 5 aliphatic carbocycles. The highest BCUT2D eigenvalue weighted by molar-refractivity contribution is 6.06. The van der Waals surface area contributed by atoms with E-state index in [9.17, 15) is 4.79 Å². The summed E-state index contributed by atoms with van der Waals surface area (Å²) in [6, 6.07) is 11.4. The number of benzene rings is 1. The zero-order valence-electron chi connectivity index (χ0n) is 17.5. The first-order valence-electron chi connectivity index (χ1n) is 12.0. The number of nitrogens with one attached hydrogen (secondary N) is 1. The van der Waals surface area contributed by atoms with Crippen LogP contribution in [0, 0.1) is 23.2 Å². The summed E-state index contributed by atoms with van der Waals surface area (Å²) in [6.07, 6.45) is 14.6. The van der Waals surface area contributed by atoms with Gasteiger partial charge in [-0.25, -0.2) is 4.99 Å². The zero-order chi connectivity index (χ0) is 19.5. The molecule has 5 saturated carbocycles. The summed E-state index contributed by atoms with van der Waals surface area (Å²) >= 11 is 0. The molecule has 1 saturated heterocycles. The van der Waals surface area contributed by atoms with E-state index in [0.717, 1.165) is 30.6 Å². The molecule has 1 aromatic carbocycles. The van der Waals surface area contributed by atoms with Crippen LogP contribution in [-0.2, 0) is 9.53 Å². The first-order valence-corrected chi connectivity index (χ1v) is 12.0. The van der Waals surface area contributed by atoms with Gasteiger partial charge in [0.1, 0.15) is 6.42 Å². The Bertz CT molecular complexity index is 785. The van der Waals surface area contributed by atoms with E-state index in [1.54, 1.807) is 0 Å². The van der Waals surface area contributed by atoms with Crippen molar-refractivity contribution in [2.24, 2.45) is 23.2 Å².